The van der Waals surface area contributed by atoms with Gasteiger partial charge in [0, 0.05) is 26.2 Å². The van der Waals surface area contributed by atoms with Gasteiger partial charge in [-0.1, -0.05) is 12.6 Å². The summed E-state index contributed by atoms with van der Waals surface area (Å²) in [6.07, 6.45) is -3.47. The van der Waals surface area contributed by atoms with E-state index in [0.717, 1.165) is 28.6 Å². The number of halogens is 3. The van der Waals surface area contributed by atoms with E-state index in [1.807, 2.05) is 0 Å². The van der Waals surface area contributed by atoms with Crippen molar-refractivity contribution in [3.8, 4) is 0 Å². The molecule has 0 radical (unpaired) electrons. The third-order valence-corrected chi connectivity index (χ3v) is 5.42. The number of benzene rings is 1. The summed E-state index contributed by atoms with van der Waals surface area (Å²) >= 11 is 0. The van der Waals surface area contributed by atoms with Gasteiger partial charge in [0.15, 0.2) is 0 Å². The molecule has 0 saturated carbocycles. The number of rotatable bonds is 3. The molecule has 1 aliphatic heterocycles. The Morgan fingerprint density at radius 2 is 1.78 bits per heavy atom. The molecule has 1 saturated heterocycles. The second-order valence-electron chi connectivity index (χ2n) is 4.96. The summed E-state index contributed by atoms with van der Waals surface area (Å²) in [7, 11) is -4.03. The van der Waals surface area contributed by atoms with Gasteiger partial charge in [0.25, 0.3) is 0 Å². The molecular weight excluding hydrogens is 333 g/mol. The van der Waals surface area contributed by atoms with Gasteiger partial charge >= 0.3 is 6.18 Å². The summed E-state index contributed by atoms with van der Waals surface area (Å²) < 4.78 is 64.1. The molecule has 0 bridgehead atoms. The molecule has 0 N–H and O–H groups in total. The van der Waals surface area contributed by atoms with Crippen LogP contribution in [-0.4, -0.2) is 49.7 Å². The third kappa shape index (κ3) is 3.73. The van der Waals surface area contributed by atoms with Crippen molar-refractivity contribution in [1.82, 2.24) is 9.21 Å². The van der Waals surface area contributed by atoms with E-state index in [-0.39, 0.29) is 32.1 Å². The van der Waals surface area contributed by atoms with Gasteiger partial charge in [0.1, 0.15) is 0 Å². The lowest BCUT2D eigenvalue weighted by atomic mass is 10.2. The average molecular weight is 348 g/mol. The fourth-order valence-corrected chi connectivity index (χ4v) is 3.73. The molecule has 0 unspecified atom stereocenters. The van der Waals surface area contributed by atoms with Crippen molar-refractivity contribution in [3.05, 3.63) is 42.5 Å². The summed E-state index contributed by atoms with van der Waals surface area (Å²) in [5.74, 6) is -0.305. The summed E-state index contributed by atoms with van der Waals surface area (Å²) in [5, 5.41) is 0. The van der Waals surface area contributed by atoms with Gasteiger partial charge in [-0.25, -0.2) is 8.42 Å². The zero-order valence-corrected chi connectivity index (χ0v) is 12.9. The highest BCUT2D eigenvalue weighted by Gasteiger charge is 2.34. The first-order valence-electron chi connectivity index (χ1n) is 6.75. The molecule has 5 nitrogen and oxygen atoms in total. The average Bonchev–Trinajstić information content (AvgIpc) is 2.53. The third-order valence-electron chi connectivity index (χ3n) is 3.52. The van der Waals surface area contributed by atoms with Crippen molar-refractivity contribution in [2.45, 2.75) is 11.1 Å². The van der Waals surface area contributed by atoms with E-state index >= 15 is 0 Å². The van der Waals surface area contributed by atoms with Crippen LogP contribution in [0.1, 0.15) is 5.56 Å². The van der Waals surface area contributed by atoms with Crippen molar-refractivity contribution in [2.75, 3.05) is 26.2 Å². The van der Waals surface area contributed by atoms with Gasteiger partial charge in [-0.2, -0.15) is 17.5 Å². The van der Waals surface area contributed by atoms with E-state index in [9.17, 15) is 26.4 Å². The highest BCUT2D eigenvalue weighted by Crippen LogP contribution is 2.31. The van der Waals surface area contributed by atoms with Crippen molar-refractivity contribution < 1.29 is 26.4 Å². The van der Waals surface area contributed by atoms with Crippen LogP contribution in [0, 0.1) is 0 Å². The van der Waals surface area contributed by atoms with Gasteiger partial charge in [-0.05, 0) is 24.3 Å². The Morgan fingerprint density at radius 3 is 2.30 bits per heavy atom. The number of piperazine rings is 1. The minimum Gasteiger partial charge on any atom is -0.337 e. The van der Waals surface area contributed by atoms with Crippen LogP contribution in [0.25, 0.3) is 0 Å². The number of amides is 1. The molecule has 2 rings (SSSR count). The lowest BCUT2D eigenvalue weighted by Gasteiger charge is -2.33. The van der Waals surface area contributed by atoms with Crippen LogP contribution in [0.4, 0.5) is 13.2 Å². The molecule has 1 aliphatic rings. The second kappa shape index (κ2) is 6.32. The minimum absolute atomic E-state index is 0.0260. The number of alkyl halides is 3. The molecule has 0 aromatic heterocycles. The molecule has 1 aromatic carbocycles. The zero-order valence-electron chi connectivity index (χ0n) is 12.1. The van der Waals surface area contributed by atoms with Crippen LogP contribution in [0.3, 0.4) is 0 Å². The van der Waals surface area contributed by atoms with Gasteiger partial charge < -0.3 is 4.90 Å². The van der Waals surface area contributed by atoms with Crippen molar-refractivity contribution in [1.29, 1.82) is 0 Å². The van der Waals surface area contributed by atoms with E-state index < -0.39 is 26.7 Å². The highest BCUT2D eigenvalue weighted by atomic mass is 32.2. The maximum Gasteiger partial charge on any atom is 0.416 e. The van der Waals surface area contributed by atoms with Crippen LogP contribution in [0.2, 0.25) is 0 Å². The van der Waals surface area contributed by atoms with E-state index in [2.05, 4.69) is 6.58 Å². The maximum atomic E-state index is 12.7. The molecule has 9 heteroatoms. The number of nitrogens with zero attached hydrogens (tertiary/aromatic N) is 2. The molecule has 1 aromatic rings. The number of sulfonamides is 1. The summed E-state index contributed by atoms with van der Waals surface area (Å²) in [6, 6.07) is 3.63. The van der Waals surface area contributed by atoms with Gasteiger partial charge in [0.2, 0.25) is 15.9 Å². The molecule has 1 heterocycles. The number of hydrogen-bond donors (Lipinski definition) is 0. The summed E-state index contributed by atoms with van der Waals surface area (Å²) in [4.78, 5) is 12.5. The molecule has 0 spiro atoms. The summed E-state index contributed by atoms with van der Waals surface area (Å²) in [6.45, 7) is 3.75. The Kier molecular flexibility index (Phi) is 4.81. The van der Waals surface area contributed by atoms with Crippen molar-refractivity contribution in [2.24, 2.45) is 0 Å². The quantitative estimate of drug-likeness (QED) is 0.782. The maximum absolute atomic E-state index is 12.7. The second-order valence-corrected chi connectivity index (χ2v) is 6.90. The lowest BCUT2D eigenvalue weighted by molar-refractivity contribution is -0.137. The SMILES string of the molecule is C=CC(=O)N1CCN(S(=O)(=O)c2cccc(C(F)(F)F)c2)CC1. The first-order valence-corrected chi connectivity index (χ1v) is 8.19. The van der Waals surface area contributed by atoms with Gasteiger partial charge in [0.05, 0.1) is 10.5 Å². The van der Waals surface area contributed by atoms with Gasteiger partial charge in [-0.15, -0.1) is 0 Å². The number of carbonyl (C=O) groups excluding carboxylic acids is 1. The molecule has 0 aliphatic carbocycles. The van der Waals surface area contributed by atoms with E-state index in [4.69, 9.17) is 0 Å². The molecule has 1 amide bonds. The monoisotopic (exact) mass is 348 g/mol. The summed E-state index contributed by atoms with van der Waals surface area (Å²) in [5.41, 5.74) is -1.01. The van der Waals surface area contributed by atoms with Gasteiger partial charge in [-0.3, -0.25) is 4.79 Å². The molecule has 126 valence electrons. The Labute approximate surface area is 132 Å². The van der Waals surface area contributed by atoms with Crippen LogP contribution in [-0.2, 0) is 21.0 Å². The van der Waals surface area contributed by atoms with Crippen LogP contribution in [0.5, 0.6) is 0 Å². The molecule has 1 fully saturated rings. The predicted octanol–water partition coefficient (Wildman–Crippen LogP) is 1.72. The number of carbonyl (C=O) groups is 1. The fraction of sp³-hybridized carbons (Fsp3) is 0.357. The Balaban J connectivity index is 2.20. The normalized spacial score (nSPS) is 17.1. The highest BCUT2D eigenvalue weighted by molar-refractivity contribution is 7.89. The molecule has 23 heavy (non-hydrogen) atoms. The van der Waals surface area contributed by atoms with Crippen LogP contribution < -0.4 is 0 Å². The van der Waals surface area contributed by atoms with E-state index in [0.29, 0.717) is 6.07 Å². The lowest BCUT2D eigenvalue weighted by Crippen LogP contribution is -2.50. The smallest absolute Gasteiger partial charge is 0.337 e. The standard InChI is InChI=1S/C14H15F3N2O3S/c1-2-13(20)18-6-8-19(9-7-18)23(21,22)12-5-3-4-11(10-12)14(15,16)17/h2-5,10H,1,6-9H2. The molecular formula is C14H15F3N2O3S. The minimum atomic E-state index is -4.61. The Bertz CT molecular complexity index is 708. The van der Waals surface area contributed by atoms with Crippen molar-refractivity contribution in [3.63, 3.8) is 0 Å². The Hall–Kier alpha value is -1.87. The predicted molar refractivity (Wildman–Crippen MR) is 77.0 cm³/mol. The van der Waals surface area contributed by atoms with Crippen molar-refractivity contribution >= 4 is 15.9 Å². The number of hydrogen-bond acceptors (Lipinski definition) is 3. The first-order chi connectivity index (χ1) is 10.7. The van der Waals surface area contributed by atoms with E-state index in [1.54, 1.807) is 0 Å². The fourth-order valence-electron chi connectivity index (χ4n) is 2.26. The zero-order chi connectivity index (χ0) is 17.3. The Morgan fingerprint density at radius 1 is 1.17 bits per heavy atom. The first kappa shape index (κ1) is 17.5. The topological polar surface area (TPSA) is 57.7 Å². The molecule has 0 atom stereocenters. The van der Waals surface area contributed by atoms with Crippen LogP contribution >= 0.6 is 0 Å². The largest absolute Gasteiger partial charge is 0.416 e. The van der Waals surface area contributed by atoms with E-state index in [1.165, 1.54) is 4.90 Å². The van der Waals surface area contributed by atoms with Crippen LogP contribution in [0.15, 0.2) is 41.8 Å².